The van der Waals surface area contributed by atoms with Crippen LogP contribution in [0, 0.1) is 17.6 Å². The Morgan fingerprint density at radius 2 is 2.17 bits per heavy atom. The largest absolute Gasteiger partial charge is 0.330 e. The number of hydrogen-bond acceptors (Lipinski definition) is 2. The minimum absolute atomic E-state index is 0.0443. The van der Waals surface area contributed by atoms with Crippen LogP contribution in [0.5, 0.6) is 0 Å². The van der Waals surface area contributed by atoms with E-state index in [-0.39, 0.29) is 6.04 Å². The third-order valence-electron chi connectivity index (χ3n) is 3.95. The summed E-state index contributed by atoms with van der Waals surface area (Å²) < 4.78 is 26.7. The van der Waals surface area contributed by atoms with Crippen LogP contribution < -0.4 is 5.73 Å². The molecule has 2 N–H and O–H groups in total. The van der Waals surface area contributed by atoms with E-state index >= 15 is 0 Å². The van der Waals surface area contributed by atoms with Crippen molar-refractivity contribution in [2.45, 2.75) is 32.4 Å². The normalized spacial score (nSPS) is 26.5. The number of nitrogens with two attached hydrogens (primary N) is 1. The van der Waals surface area contributed by atoms with Crippen LogP contribution in [0.1, 0.15) is 31.9 Å². The average molecular weight is 254 g/mol. The summed E-state index contributed by atoms with van der Waals surface area (Å²) in [5.41, 5.74) is 6.25. The standard InChI is InChI=1S/C14H20F2N2/c1-9-5-11(7-17)8-18(9)10(2)13-4-3-12(15)6-14(13)16/h3-4,6,9-11H,5,7-8,17H2,1-2H3. The molecule has 1 saturated heterocycles. The third kappa shape index (κ3) is 2.54. The summed E-state index contributed by atoms with van der Waals surface area (Å²) in [6.07, 6.45) is 1.05. The van der Waals surface area contributed by atoms with Gasteiger partial charge in [0.25, 0.3) is 0 Å². The lowest BCUT2D eigenvalue weighted by molar-refractivity contribution is 0.197. The first-order chi connectivity index (χ1) is 8.52. The van der Waals surface area contributed by atoms with Gasteiger partial charge in [0.05, 0.1) is 0 Å². The van der Waals surface area contributed by atoms with Crippen molar-refractivity contribution in [2.75, 3.05) is 13.1 Å². The number of halogens is 2. The van der Waals surface area contributed by atoms with E-state index in [2.05, 4.69) is 11.8 Å². The van der Waals surface area contributed by atoms with Gasteiger partial charge in [-0.05, 0) is 38.8 Å². The molecule has 1 aliphatic rings. The van der Waals surface area contributed by atoms with E-state index in [1.165, 1.54) is 12.1 Å². The Balaban J connectivity index is 2.18. The molecule has 1 aromatic rings. The van der Waals surface area contributed by atoms with Crippen LogP contribution in [-0.4, -0.2) is 24.0 Å². The van der Waals surface area contributed by atoms with Crippen LogP contribution in [-0.2, 0) is 0 Å². The molecule has 0 spiro atoms. The van der Waals surface area contributed by atoms with Gasteiger partial charge in [-0.1, -0.05) is 6.07 Å². The molecule has 0 bridgehead atoms. The van der Waals surface area contributed by atoms with Crippen LogP contribution in [0.15, 0.2) is 18.2 Å². The van der Waals surface area contributed by atoms with Gasteiger partial charge in [0.1, 0.15) is 11.6 Å². The number of hydrogen-bond donors (Lipinski definition) is 1. The smallest absolute Gasteiger partial charge is 0.130 e. The molecule has 4 heteroatoms. The number of likely N-dealkylation sites (tertiary alicyclic amines) is 1. The van der Waals surface area contributed by atoms with E-state index < -0.39 is 11.6 Å². The molecule has 1 heterocycles. The molecule has 1 fully saturated rings. The van der Waals surface area contributed by atoms with E-state index in [0.717, 1.165) is 19.0 Å². The molecule has 0 aliphatic carbocycles. The van der Waals surface area contributed by atoms with Gasteiger partial charge in [0, 0.05) is 30.3 Å². The molecule has 1 aliphatic heterocycles. The van der Waals surface area contributed by atoms with Crippen molar-refractivity contribution in [3.63, 3.8) is 0 Å². The average Bonchev–Trinajstić information content (AvgIpc) is 2.70. The van der Waals surface area contributed by atoms with Crippen molar-refractivity contribution in [1.29, 1.82) is 0 Å². The molecule has 0 aromatic heterocycles. The molecule has 2 nitrogen and oxygen atoms in total. The molecular weight excluding hydrogens is 234 g/mol. The van der Waals surface area contributed by atoms with Gasteiger partial charge >= 0.3 is 0 Å². The SMILES string of the molecule is CC1CC(CN)CN1C(C)c1ccc(F)cc1F. The summed E-state index contributed by atoms with van der Waals surface area (Å²) in [6.45, 7) is 5.65. The van der Waals surface area contributed by atoms with Gasteiger partial charge in [-0.3, -0.25) is 4.90 Å². The highest BCUT2D eigenvalue weighted by molar-refractivity contribution is 5.22. The zero-order valence-corrected chi connectivity index (χ0v) is 10.9. The lowest BCUT2D eigenvalue weighted by Gasteiger charge is -2.29. The molecule has 1 aromatic carbocycles. The van der Waals surface area contributed by atoms with Gasteiger partial charge in [-0.25, -0.2) is 8.78 Å². The van der Waals surface area contributed by atoms with Gasteiger partial charge in [0.15, 0.2) is 0 Å². The van der Waals surface area contributed by atoms with Crippen molar-refractivity contribution in [1.82, 2.24) is 4.90 Å². The molecule has 100 valence electrons. The Kier molecular flexibility index (Phi) is 3.97. The molecular formula is C14H20F2N2. The van der Waals surface area contributed by atoms with Gasteiger partial charge in [-0.15, -0.1) is 0 Å². The summed E-state index contributed by atoms with van der Waals surface area (Å²) >= 11 is 0. The summed E-state index contributed by atoms with van der Waals surface area (Å²) in [5, 5.41) is 0. The summed E-state index contributed by atoms with van der Waals surface area (Å²) in [7, 11) is 0. The topological polar surface area (TPSA) is 29.3 Å². The molecule has 0 amide bonds. The first-order valence-corrected chi connectivity index (χ1v) is 6.43. The fraction of sp³-hybridized carbons (Fsp3) is 0.571. The second kappa shape index (κ2) is 5.33. The highest BCUT2D eigenvalue weighted by Crippen LogP contribution is 2.32. The van der Waals surface area contributed by atoms with Crippen molar-refractivity contribution >= 4 is 0 Å². The number of nitrogens with zero attached hydrogens (tertiary/aromatic N) is 1. The van der Waals surface area contributed by atoms with Crippen molar-refractivity contribution in [3.8, 4) is 0 Å². The summed E-state index contributed by atoms with van der Waals surface area (Å²) in [4.78, 5) is 2.24. The van der Waals surface area contributed by atoms with Crippen LogP contribution in [0.25, 0.3) is 0 Å². The van der Waals surface area contributed by atoms with E-state index in [0.29, 0.717) is 24.1 Å². The minimum atomic E-state index is -0.530. The van der Waals surface area contributed by atoms with Gasteiger partial charge in [-0.2, -0.15) is 0 Å². The lowest BCUT2D eigenvalue weighted by atomic mass is 10.1. The quantitative estimate of drug-likeness (QED) is 0.898. The molecule has 3 unspecified atom stereocenters. The van der Waals surface area contributed by atoms with E-state index in [1.807, 2.05) is 6.92 Å². The van der Waals surface area contributed by atoms with Crippen LogP contribution in [0.4, 0.5) is 8.78 Å². The molecule has 3 atom stereocenters. The Hall–Kier alpha value is -1.00. The van der Waals surface area contributed by atoms with Crippen molar-refractivity contribution < 1.29 is 8.78 Å². The van der Waals surface area contributed by atoms with Crippen molar-refractivity contribution in [2.24, 2.45) is 11.7 Å². The summed E-state index contributed by atoms with van der Waals surface area (Å²) in [6, 6.07) is 4.15. The predicted octanol–water partition coefficient (Wildman–Crippen LogP) is 2.69. The Morgan fingerprint density at radius 3 is 2.72 bits per heavy atom. The van der Waals surface area contributed by atoms with Crippen LogP contribution in [0.2, 0.25) is 0 Å². The molecule has 18 heavy (non-hydrogen) atoms. The molecule has 0 saturated carbocycles. The maximum atomic E-state index is 13.8. The zero-order chi connectivity index (χ0) is 13.3. The maximum absolute atomic E-state index is 13.8. The van der Waals surface area contributed by atoms with Gasteiger partial charge in [0.2, 0.25) is 0 Å². The minimum Gasteiger partial charge on any atom is -0.330 e. The second-order valence-electron chi connectivity index (χ2n) is 5.23. The molecule has 2 rings (SSSR count). The maximum Gasteiger partial charge on any atom is 0.130 e. The molecule has 0 radical (unpaired) electrons. The van der Waals surface area contributed by atoms with Crippen molar-refractivity contribution in [3.05, 3.63) is 35.4 Å². The lowest BCUT2D eigenvalue weighted by Crippen LogP contribution is -2.31. The third-order valence-corrected chi connectivity index (χ3v) is 3.95. The summed E-state index contributed by atoms with van der Waals surface area (Å²) in [5.74, 6) is -0.519. The van der Waals surface area contributed by atoms with E-state index in [4.69, 9.17) is 5.73 Å². The van der Waals surface area contributed by atoms with Gasteiger partial charge < -0.3 is 5.73 Å². The van der Waals surface area contributed by atoms with Crippen LogP contribution >= 0.6 is 0 Å². The fourth-order valence-corrected chi connectivity index (χ4v) is 2.90. The second-order valence-corrected chi connectivity index (χ2v) is 5.23. The fourth-order valence-electron chi connectivity index (χ4n) is 2.90. The number of benzene rings is 1. The monoisotopic (exact) mass is 254 g/mol. The highest BCUT2D eigenvalue weighted by atomic mass is 19.1. The number of rotatable bonds is 3. The zero-order valence-electron chi connectivity index (χ0n) is 10.9. The Morgan fingerprint density at radius 1 is 1.44 bits per heavy atom. The van der Waals surface area contributed by atoms with E-state index in [9.17, 15) is 8.78 Å². The predicted molar refractivity (Wildman–Crippen MR) is 68.1 cm³/mol. The first-order valence-electron chi connectivity index (χ1n) is 6.43. The highest BCUT2D eigenvalue weighted by Gasteiger charge is 2.32. The Bertz CT molecular complexity index is 422. The van der Waals surface area contributed by atoms with Crippen LogP contribution in [0.3, 0.4) is 0 Å². The Labute approximate surface area is 107 Å². The van der Waals surface area contributed by atoms with E-state index in [1.54, 1.807) is 0 Å². The first kappa shape index (κ1) is 13.4.